The molecule has 0 saturated carbocycles. The fraction of sp³-hybridized carbons (Fsp3) is 0.217. The van der Waals surface area contributed by atoms with E-state index in [-0.39, 0.29) is 15.9 Å². The van der Waals surface area contributed by atoms with Gasteiger partial charge in [-0.2, -0.15) is 18.3 Å². The van der Waals surface area contributed by atoms with Crippen LogP contribution in [-0.4, -0.2) is 23.2 Å². The molecule has 5 rings (SSSR count). The summed E-state index contributed by atoms with van der Waals surface area (Å²) in [5, 5.41) is 6.08. The number of anilines is 1. The first kappa shape index (κ1) is 22.6. The molecule has 0 amide bonds. The van der Waals surface area contributed by atoms with Crippen molar-refractivity contribution in [3.05, 3.63) is 82.5 Å². The number of benzene rings is 2. The van der Waals surface area contributed by atoms with E-state index in [1.54, 1.807) is 41.5 Å². The van der Waals surface area contributed by atoms with E-state index in [4.69, 9.17) is 0 Å². The monoisotopic (exact) mass is 504 g/mol. The second kappa shape index (κ2) is 8.24. The second-order valence-electron chi connectivity index (χ2n) is 8.03. The minimum atomic E-state index is -4.47. The highest BCUT2D eigenvalue weighted by Gasteiger charge is 2.34. The molecule has 11 heteroatoms. The molecule has 0 bridgehead atoms. The summed E-state index contributed by atoms with van der Waals surface area (Å²) in [7, 11) is -2.11. The molecule has 0 spiro atoms. The SMILES string of the molecule is Cn1nccc1-c1cc(C(F)(F)F)ccc1C1CCc2cc(S(=O)(=O)Nc3nccs3)ccc21. The van der Waals surface area contributed by atoms with E-state index < -0.39 is 21.8 Å². The van der Waals surface area contributed by atoms with Gasteiger partial charge in [-0.05, 0) is 59.9 Å². The van der Waals surface area contributed by atoms with Crippen LogP contribution in [0.2, 0.25) is 0 Å². The molecule has 1 aliphatic carbocycles. The van der Waals surface area contributed by atoms with Crippen molar-refractivity contribution < 1.29 is 21.6 Å². The van der Waals surface area contributed by atoms with Gasteiger partial charge in [-0.25, -0.2) is 13.4 Å². The minimum Gasteiger partial charge on any atom is -0.268 e. The van der Waals surface area contributed by atoms with Crippen molar-refractivity contribution in [2.24, 2.45) is 7.05 Å². The van der Waals surface area contributed by atoms with Crippen molar-refractivity contribution in [1.82, 2.24) is 14.8 Å². The van der Waals surface area contributed by atoms with Crippen molar-refractivity contribution in [2.45, 2.75) is 29.8 Å². The Labute approximate surface area is 198 Å². The Morgan fingerprint density at radius 1 is 1.09 bits per heavy atom. The molecule has 0 saturated heterocycles. The zero-order chi connectivity index (χ0) is 24.1. The highest BCUT2D eigenvalue weighted by atomic mass is 32.2. The van der Waals surface area contributed by atoms with Gasteiger partial charge in [-0.15, -0.1) is 11.3 Å². The van der Waals surface area contributed by atoms with Gasteiger partial charge >= 0.3 is 6.18 Å². The number of thiazole rings is 1. The van der Waals surface area contributed by atoms with Gasteiger partial charge in [0, 0.05) is 36.3 Å². The lowest BCUT2D eigenvalue weighted by Gasteiger charge is -2.19. The first-order valence-electron chi connectivity index (χ1n) is 10.4. The van der Waals surface area contributed by atoms with Gasteiger partial charge in [0.2, 0.25) is 0 Å². The first-order valence-corrected chi connectivity index (χ1v) is 12.7. The third kappa shape index (κ3) is 4.09. The summed E-state index contributed by atoms with van der Waals surface area (Å²) in [6.45, 7) is 0. The normalized spacial score (nSPS) is 15.9. The molecule has 0 fully saturated rings. The van der Waals surface area contributed by atoms with E-state index in [1.807, 2.05) is 0 Å². The largest absolute Gasteiger partial charge is 0.416 e. The van der Waals surface area contributed by atoms with Gasteiger partial charge in [0.15, 0.2) is 5.13 Å². The lowest BCUT2D eigenvalue weighted by molar-refractivity contribution is -0.137. The number of alkyl halides is 3. The lowest BCUT2D eigenvalue weighted by atomic mass is 9.87. The predicted molar refractivity (Wildman–Crippen MR) is 123 cm³/mol. The fourth-order valence-corrected chi connectivity index (χ4v) is 6.27. The van der Waals surface area contributed by atoms with Crippen LogP contribution in [-0.2, 0) is 29.7 Å². The van der Waals surface area contributed by atoms with Gasteiger partial charge < -0.3 is 0 Å². The van der Waals surface area contributed by atoms with Crippen molar-refractivity contribution in [1.29, 1.82) is 0 Å². The Bertz CT molecular complexity index is 1460. The van der Waals surface area contributed by atoms with Crippen LogP contribution in [0, 0.1) is 0 Å². The van der Waals surface area contributed by atoms with Crippen LogP contribution in [0.1, 0.15) is 34.6 Å². The molecule has 0 aliphatic heterocycles. The first-order chi connectivity index (χ1) is 16.1. The molecule has 0 radical (unpaired) electrons. The molecular weight excluding hydrogens is 485 g/mol. The molecule has 1 unspecified atom stereocenters. The van der Waals surface area contributed by atoms with Gasteiger partial charge in [0.1, 0.15) is 0 Å². The van der Waals surface area contributed by atoms with E-state index in [2.05, 4.69) is 14.8 Å². The average Bonchev–Trinajstić information content (AvgIpc) is 3.53. The highest BCUT2D eigenvalue weighted by molar-refractivity contribution is 7.93. The Balaban J connectivity index is 1.55. The molecule has 1 N–H and O–H groups in total. The van der Waals surface area contributed by atoms with E-state index in [9.17, 15) is 21.6 Å². The third-order valence-electron chi connectivity index (χ3n) is 6.01. The van der Waals surface area contributed by atoms with E-state index >= 15 is 0 Å². The van der Waals surface area contributed by atoms with Gasteiger partial charge in [0.05, 0.1) is 16.2 Å². The number of halogens is 3. The summed E-state index contributed by atoms with van der Waals surface area (Å²) >= 11 is 1.18. The molecule has 34 heavy (non-hydrogen) atoms. The topological polar surface area (TPSA) is 76.9 Å². The maximum atomic E-state index is 13.5. The number of nitrogens with one attached hydrogen (secondary N) is 1. The van der Waals surface area contributed by atoms with Crippen LogP contribution in [0.3, 0.4) is 0 Å². The van der Waals surface area contributed by atoms with Crippen molar-refractivity contribution >= 4 is 26.5 Å². The Hall–Kier alpha value is -3.18. The number of aromatic nitrogens is 3. The summed E-state index contributed by atoms with van der Waals surface area (Å²) in [5.41, 5.74) is 2.86. The summed E-state index contributed by atoms with van der Waals surface area (Å²) in [6, 6.07) is 10.4. The number of fused-ring (bicyclic) bond motifs is 1. The van der Waals surface area contributed by atoms with E-state index in [0.29, 0.717) is 24.1 Å². The summed E-state index contributed by atoms with van der Waals surface area (Å²) in [5.74, 6) is -0.161. The molecule has 2 aromatic carbocycles. The highest BCUT2D eigenvalue weighted by Crippen LogP contribution is 2.44. The Morgan fingerprint density at radius 3 is 2.56 bits per heavy atom. The number of aryl methyl sites for hydroxylation is 2. The number of nitrogens with zero attached hydrogens (tertiary/aromatic N) is 3. The van der Waals surface area contributed by atoms with Gasteiger partial charge in [-0.3, -0.25) is 9.40 Å². The van der Waals surface area contributed by atoms with Crippen LogP contribution in [0.4, 0.5) is 18.3 Å². The van der Waals surface area contributed by atoms with E-state index in [1.165, 1.54) is 35.7 Å². The Kier molecular flexibility index (Phi) is 5.48. The average molecular weight is 505 g/mol. The molecule has 6 nitrogen and oxygen atoms in total. The van der Waals surface area contributed by atoms with Crippen LogP contribution in [0.15, 0.2) is 65.1 Å². The number of hydrogen-bond acceptors (Lipinski definition) is 5. The van der Waals surface area contributed by atoms with Gasteiger partial charge in [-0.1, -0.05) is 12.1 Å². The number of hydrogen-bond donors (Lipinski definition) is 1. The zero-order valence-corrected chi connectivity index (χ0v) is 19.5. The summed E-state index contributed by atoms with van der Waals surface area (Å²) in [4.78, 5) is 4.08. The van der Waals surface area contributed by atoms with Crippen LogP contribution in [0.5, 0.6) is 0 Å². The summed E-state index contributed by atoms with van der Waals surface area (Å²) < 4.78 is 69.9. The van der Waals surface area contributed by atoms with Crippen molar-refractivity contribution in [2.75, 3.05) is 4.72 Å². The van der Waals surface area contributed by atoms with Crippen LogP contribution >= 0.6 is 11.3 Å². The molecule has 1 aliphatic rings. The quantitative estimate of drug-likeness (QED) is 0.393. The number of sulfonamides is 1. The van der Waals surface area contributed by atoms with Gasteiger partial charge in [0.25, 0.3) is 10.0 Å². The maximum absolute atomic E-state index is 13.5. The molecule has 1 atom stereocenters. The van der Waals surface area contributed by atoms with Crippen molar-refractivity contribution in [3.8, 4) is 11.3 Å². The standard InChI is InChI=1S/C23H19F3N4O2S2/c1-30-21(8-9-28-30)20-13-15(23(24,25)26)3-6-19(20)18-5-2-14-12-16(4-7-17(14)18)34(31,32)29-22-27-10-11-33-22/h3-4,6-13,18H,2,5H2,1H3,(H,27,29). The lowest BCUT2D eigenvalue weighted by Crippen LogP contribution is -2.13. The smallest absolute Gasteiger partial charge is 0.268 e. The molecule has 176 valence electrons. The van der Waals surface area contributed by atoms with Crippen LogP contribution < -0.4 is 4.72 Å². The zero-order valence-electron chi connectivity index (χ0n) is 17.9. The second-order valence-corrected chi connectivity index (χ2v) is 10.6. The molecular formula is C23H19F3N4O2S2. The maximum Gasteiger partial charge on any atom is 0.416 e. The molecule has 2 heterocycles. The fourth-order valence-electron chi connectivity index (χ4n) is 4.43. The summed E-state index contributed by atoms with van der Waals surface area (Å²) in [6.07, 6.45) is -0.122. The molecule has 2 aromatic heterocycles. The minimum absolute atomic E-state index is 0.126. The van der Waals surface area contributed by atoms with E-state index in [0.717, 1.165) is 22.8 Å². The van der Waals surface area contributed by atoms with Crippen LogP contribution in [0.25, 0.3) is 11.3 Å². The van der Waals surface area contributed by atoms with Crippen molar-refractivity contribution in [3.63, 3.8) is 0 Å². The Morgan fingerprint density at radius 2 is 1.88 bits per heavy atom. The third-order valence-corrected chi connectivity index (χ3v) is 8.16. The number of rotatable bonds is 5. The predicted octanol–water partition coefficient (Wildman–Crippen LogP) is 5.44. The molecule has 4 aromatic rings.